The summed E-state index contributed by atoms with van der Waals surface area (Å²) in [7, 11) is 0. The van der Waals surface area contributed by atoms with E-state index in [0.29, 0.717) is 12.8 Å². The number of phenols is 1. The van der Waals surface area contributed by atoms with Gasteiger partial charge < -0.3 is 15.9 Å². The van der Waals surface area contributed by atoms with Crippen LogP contribution in [-0.2, 0) is 12.8 Å². The zero-order valence-electron chi connectivity index (χ0n) is 8.69. The lowest BCUT2D eigenvalue weighted by Gasteiger charge is -2.11. The molecule has 3 heteroatoms. The van der Waals surface area contributed by atoms with Crippen molar-refractivity contribution in [2.45, 2.75) is 18.9 Å². The molecular formula is C12H17NO2. The normalized spacial score (nSPS) is 12.4. The first kappa shape index (κ1) is 11.8. The maximum atomic E-state index is 9.88. The molecule has 0 amide bonds. The summed E-state index contributed by atoms with van der Waals surface area (Å²) in [5, 5.41) is 18.7. The molecule has 1 atom stereocenters. The van der Waals surface area contributed by atoms with Crippen LogP contribution in [0.3, 0.4) is 0 Å². The number of aromatic hydroxyl groups is 1. The number of rotatable bonds is 5. The molecule has 0 aromatic heterocycles. The van der Waals surface area contributed by atoms with Crippen molar-refractivity contribution in [3.05, 3.63) is 42.0 Å². The van der Waals surface area contributed by atoms with E-state index < -0.39 is 0 Å². The van der Waals surface area contributed by atoms with E-state index in [2.05, 4.69) is 6.58 Å². The molecule has 0 aliphatic rings. The third-order valence-corrected chi connectivity index (χ3v) is 2.28. The van der Waals surface area contributed by atoms with Crippen LogP contribution in [0.2, 0.25) is 0 Å². The van der Waals surface area contributed by atoms with Gasteiger partial charge in [0.25, 0.3) is 0 Å². The lowest BCUT2D eigenvalue weighted by molar-refractivity contribution is 0.264. The summed E-state index contributed by atoms with van der Waals surface area (Å²) in [6, 6.07) is 5.22. The Bertz CT molecular complexity index is 336. The predicted molar refractivity (Wildman–Crippen MR) is 60.8 cm³/mol. The van der Waals surface area contributed by atoms with E-state index in [1.54, 1.807) is 6.08 Å². The molecule has 4 N–H and O–H groups in total. The molecule has 0 aliphatic heterocycles. The van der Waals surface area contributed by atoms with E-state index >= 15 is 0 Å². The number of benzene rings is 1. The van der Waals surface area contributed by atoms with Gasteiger partial charge in [-0.05, 0) is 24.0 Å². The average Bonchev–Trinajstić information content (AvgIpc) is 2.24. The number of phenolic OH excluding ortho intramolecular Hbond substituents is 1. The Morgan fingerprint density at radius 3 is 2.67 bits per heavy atom. The molecule has 3 nitrogen and oxygen atoms in total. The fraction of sp³-hybridized carbons (Fsp3) is 0.333. The van der Waals surface area contributed by atoms with Crippen LogP contribution in [0.4, 0.5) is 0 Å². The van der Waals surface area contributed by atoms with Crippen molar-refractivity contribution in [1.82, 2.24) is 0 Å². The number of aliphatic hydroxyl groups excluding tert-OH is 1. The van der Waals surface area contributed by atoms with E-state index in [1.807, 2.05) is 18.2 Å². The molecule has 1 aromatic rings. The minimum atomic E-state index is -0.324. The lowest BCUT2D eigenvalue weighted by atomic mass is 10.0. The van der Waals surface area contributed by atoms with E-state index in [4.69, 9.17) is 10.8 Å². The van der Waals surface area contributed by atoms with E-state index in [1.165, 1.54) is 0 Å². The summed E-state index contributed by atoms with van der Waals surface area (Å²) >= 11 is 0. The second-order valence-electron chi connectivity index (χ2n) is 3.56. The summed E-state index contributed by atoms with van der Waals surface area (Å²) in [5.41, 5.74) is 7.23. The van der Waals surface area contributed by atoms with Gasteiger partial charge in [0.15, 0.2) is 0 Å². The van der Waals surface area contributed by atoms with Crippen LogP contribution in [0.5, 0.6) is 5.75 Å². The Labute approximate surface area is 89.9 Å². The van der Waals surface area contributed by atoms with Crippen molar-refractivity contribution in [3.63, 3.8) is 0 Å². The smallest absolute Gasteiger partial charge is 0.122 e. The van der Waals surface area contributed by atoms with Crippen LogP contribution in [0.1, 0.15) is 11.1 Å². The standard InChI is InChI=1S/C12H17NO2/c1-2-4-9-5-3-6-10(12(9)15)7-11(13)8-14/h2-3,5-6,11,14-15H,1,4,7-8,13H2. The molecule has 0 aliphatic carbocycles. The Hall–Kier alpha value is -1.32. The van der Waals surface area contributed by atoms with Crippen LogP contribution in [0.25, 0.3) is 0 Å². The molecule has 82 valence electrons. The van der Waals surface area contributed by atoms with Gasteiger partial charge in [-0.3, -0.25) is 0 Å². The van der Waals surface area contributed by atoms with Crippen LogP contribution in [0, 0.1) is 0 Å². The van der Waals surface area contributed by atoms with E-state index in [-0.39, 0.29) is 18.4 Å². The highest BCUT2D eigenvalue weighted by atomic mass is 16.3. The molecule has 0 saturated heterocycles. The van der Waals surface area contributed by atoms with Crippen LogP contribution in [0.15, 0.2) is 30.9 Å². The molecule has 15 heavy (non-hydrogen) atoms. The summed E-state index contributed by atoms with van der Waals surface area (Å²) in [5.74, 6) is 0.265. The molecular weight excluding hydrogens is 190 g/mol. The van der Waals surface area contributed by atoms with Crippen molar-refractivity contribution < 1.29 is 10.2 Å². The number of aliphatic hydroxyl groups is 1. The number of allylic oxidation sites excluding steroid dienone is 1. The van der Waals surface area contributed by atoms with Gasteiger partial charge in [-0.1, -0.05) is 24.3 Å². The molecule has 0 fully saturated rings. The number of hydrogen-bond donors (Lipinski definition) is 3. The predicted octanol–water partition coefficient (Wildman–Crippen LogP) is 0.983. The Balaban J connectivity index is 2.88. The van der Waals surface area contributed by atoms with Gasteiger partial charge >= 0.3 is 0 Å². The molecule has 0 bridgehead atoms. The first-order valence-corrected chi connectivity index (χ1v) is 4.96. The van der Waals surface area contributed by atoms with Crippen molar-refractivity contribution >= 4 is 0 Å². The van der Waals surface area contributed by atoms with Gasteiger partial charge in [0.05, 0.1) is 6.61 Å². The van der Waals surface area contributed by atoms with Gasteiger partial charge in [-0.15, -0.1) is 6.58 Å². The molecule has 1 aromatic carbocycles. The highest BCUT2D eigenvalue weighted by Gasteiger charge is 2.09. The van der Waals surface area contributed by atoms with Crippen LogP contribution >= 0.6 is 0 Å². The Morgan fingerprint density at radius 2 is 2.07 bits per heavy atom. The van der Waals surface area contributed by atoms with Gasteiger partial charge in [0.2, 0.25) is 0 Å². The summed E-state index contributed by atoms with van der Waals surface area (Å²) in [6.07, 6.45) is 2.85. The molecule has 0 radical (unpaired) electrons. The van der Waals surface area contributed by atoms with Crippen molar-refractivity contribution in [1.29, 1.82) is 0 Å². The Morgan fingerprint density at radius 1 is 1.40 bits per heavy atom. The minimum Gasteiger partial charge on any atom is -0.507 e. The highest BCUT2D eigenvalue weighted by molar-refractivity contribution is 5.41. The molecule has 0 saturated carbocycles. The molecule has 1 unspecified atom stereocenters. The molecule has 0 heterocycles. The third kappa shape index (κ3) is 3.08. The second kappa shape index (κ2) is 5.53. The zero-order chi connectivity index (χ0) is 11.3. The van der Waals surface area contributed by atoms with Gasteiger partial charge in [0, 0.05) is 6.04 Å². The minimum absolute atomic E-state index is 0.0782. The highest BCUT2D eigenvalue weighted by Crippen LogP contribution is 2.24. The maximum absolute atomic E-state index is 9.88. The lowest BCUT2D eigenvalue weighted by Crippen LogP contribution is -2.26. The first-order chi connectivity index (χ1) is 7.19. The quantitative estimate of drug-likeness (QED) is 0.631. The number of nitrogens with two attached hydrogens (primary N) is 1. The summed E-state index contributed by atoms with van der Waals surface area (Å²) in [6.45, 7) is 3.55. The first-order valence-electron chi connectivity index (χ1n) is 4.96. The third-order valence-electron chi connectivity index (χ3n) is 2.28. The Kier molecular flexibility index (Phi) is 4.34. The largest absolute Gasteiger partial charge is 0.507 e. The fourth-order valence-corrected chi connectivity index (χ4v) is 1.48. The summed E-state index contributed by atoms with van der Waals surface area (Å²) < 4.78 is 0. The SMILES string of the molecule is C=CCc1cccc(CC(N)CO)c1O. The monoisotopic (exact) mass is 207 g/mol. The van der Waals surface area contributed by atoms with Gasteiger partial charge in [-0.25, -0.2) is 0 Å². The van der Waals surface area contributed by atoms with Crippen molar-refractivity contribution in [3.8, 4) is 5.75 Å². The van der Waals surface area contributed by atoms with Gasteiger partial charge in [0.1, 0.15) is 5.75 Å². The van der Waals surface area contributed by atoms with Crippen LogP contribution in [-0.4, -0.2) is 22.9 Å². The van der Waals surface area contributed by atoms with Gasteiger partial charge in [-0.2, -0.15) is 0 Å². The van der Waals surface area contributed by atoms with Crippen LogP contribution < -0.4 is 5.73 Å². The number of para-hydroxylation sites is 1. The molecule has 1 rings (SSSR count). The fourth-order valence-electron chi connectivity index (χ4n) is 1.48. The summed E-state index contributed by atoms with van der Waals surface area (Å²) in [4.78, 5) is 0. The van der Waals surface area contributed by atoms with Crippen molar-refractivity contribution in [2.75, 3.05) is 6.61 Å². The molecule has 0 spiro atoms. The second-order valence-corrected chi connectivity index (χ2v) is 3.56. The maximum Gasteiger partial charge on any atom is 0.122 e. The zero-order valence-corrected chi connectivity index (χ0v) is 8.69. The van der Waals surface area contributed by atoms with Crippen molar-refractivity contribution in [2.24, 2.45) is 5.73 Å². The number of hydrogen-bond acceptors (Lipinski definition) is 3. The van der Waals surface area contributed by atoms with E-state index in [9.17, 15) is 5.11 Å². The average molecular weight is 207 g/mol. The topological polar surface area (TPSA) is 66.5 Å². The van der Waals surface area contributed by atoms with E-state index in [0.717, 1.165) is 11.1 Å².